The lowest BCUT2D eigenvalue weighted by molar-refractivity contribution is 0.143. The Bertz CT molecular complexity index is 526. The third kappa shape index (κ3) is 7.36. The second-order valence-electron chi connectivity index (χ2n) is 7.89. The number of benzene rings is 1. The molecule has 1 aromatic rings. The van der Waals surface area contributed by atoms with E-state index in [4.69, 9.17) is 4.99 Å². The molecule has 2 N–H and O–H groups in total. The quantitative estimate of drug-likeness (QED) is 0.550. The van der Waals surface area contributed by atoms with Crippen molar-refractivity contribution in [2.24, 2.45) is 10.9 Å². The summed E-state index contributed by atoms with van der Waals surface area (Å²) in [6, 6.07) is 11.8. The summed E-state index contributed by atoms with van der Waals surface area (Å²) in [4.78, 5) is 7.48. The van der Waals surface area contributed by atoms with E-state index in [0.717, 1.165) is 31.9 Å². The zero-order chi connectivity index (χ0) is 18.8. The molecule has 0 spiro atoms. The first-order valence-corrected chi connectivity index (χ1v) is 10.4. The molecule has 0 bridgehead atoms. The summed E-state index contributed by atoms with van der Waals surface area (Å²) >= 11 is 0. The van der Waals surface area contributed by atoms with Gasteiger partial charge in [-0.2, -0.15) is 0 Å². The van der Waals surface area contributed by atoms with Crippen molar-refractivity contribution in [1.29, 1.82) is 0 Å². The number of hydrogen-bond acceptors (Lipinski definition) is 2. The highest BCUT2D eigenvalue weighted by Gasteiger charge is 2.21. The minimum atomic E-state index is 0.409. The SMILES string of the molecule is CCNC(=NCC1CCCN(C(C)C)C1)NC(C)CCc1ccccc1. The Hall–Kier alpha value is -1.55. The molecule has 0 amide bonds. The maximum Gasteiger partial charge on any atom is 0.191 e. The number of guanidine groups is 1. The molecule has 146 valence electrons. The van der Waals surface area contributed by atoms with Gasteiger partial charge in [-0.15, -0.1) is 0 Å². The first kappa shape index (κ1) is 20.8. The highest BCUT2D eigenvalue weighted by Crippen LogP contribution is 2.18. The van der Waals surface area contributed by atoms with Crippen LogP contribution in [0, 0.1) is 5.92 Å². The molecule has 1 aromatic carbocycles. The number of hydrogen-bond donors (Lipinski definition) is 2. The van der Waals surface area contributed by atoms with Gasteiger partial charge in [-0.1, -0.05) is 30.3 Å². The van der Waals surface area contributed by atoms with Crippen LogP contribution in [-0.2, 0) is 6.42 Å². The summed E-state index contributed by atoms with van der Waals surface area (Å²) in [6.07, 6.45) is 4.81. The van der Waals surface area contributed by atoms with Crippen LogP contribution in [0.15, 0.2) is 35.3 Å². The van der Waals surface area contributed by atoms with E-state index in [1.165, 1.54) is 31.5 Å². The molecule has 2 unspecified atom stereocenters. The lowest BCUT2D eigenvalue weighted by Crippen LogP contribution is -2.44. The average molecular weight is 359 g/mol. The van der Waals surface area contributed by atoms with Gasteiger partial charge >= 0.3 is 0 Å². The summed E-state index contributed by atoms with van der Waals surface area (Å²) in [7, 11) is 0. The van der Waals surface area contributed by atoms with Crippen molar-refractivity contribution < 1.29 is 0 Å². The molecule has 4 heteroatoms. The highest BCUT2D eigenvalue weighted by molar-refractivity contribution is 5.80. The Morgan fingerprint density at radius 1 is 1.23 bits per heavy atom. The van der Waals surface area contributed by atoms with Gasteiger partial charge in [-0.25, -0.2) is 0 Å². The minimum Gasteiger partial charge on any atom is -0.357 e. The second kappa shape index (κ2) is 11.2. The average Bonchev–Trinajstić information content (AvgIpc) is 2.66. The van der Waals surface area contributed by atoms with Crippen molar-refractivity contribution in [2.45, 2.75) is 65.5 Å². The standard InChI is InChI=1S/C22H38N4/c1-5-23-22(24-16-21-12-9-15-26(17-21)18(2)3)25-19(4)13-14-20-10-7-6-8-11-20/h6-8,10-11,18-19,21H,5,9,12-17H2,1-4H3,(H2,23,24,25). The maximum absolute atomic E-state index is 4.89. The number of nitrogens with one attached hydrogen (secondary N) is 2. The van der Waals surface area contributed by atoms with Crippen LogP contribution < -0.4 is 10.6 Å². The molecule has 1 fully saturated rings. The number of aryl methyl sites for hydroxylation is 1. The van der Waals surface area contributed by atoms with E-state index >= 15 is 0 Å². The van der Waals surface area contributed by atoms with E-state index in [1.807, 2.05) is 0 Å². The van der Waals surface area contributed by atoms with Gasteiger partial charge in [0.15, 0.2) is 5.96 Å². The first-order chi connectivity index (χ1) is 12.6. The van der Waals surface area contributed by atoms with Gasteiger partial charge in [0.2, 0.25) is 0 Å². The van der Waals surface area contributed by atoms with Gasteiger partial charge < -0.3 is 15.5 Å². The molecule has 1 saturated heterocycles. The van der Waals surface area contributed by atoms with Crippen molar-refractivity contribution in [3.05, 3.63) is 35.9 Å². The molecule has 1 aliphatic rings. The molecule has 4 nitrogen and oxygen atoms in total. The number of likely N-dealkylation sites (tertiary alicyclic amines) is 1. The van der Waals surface area contributed by atoms with E-state index in [2.05, 4.69) is 73.6 Å². The van der Waals surface area contributed by atoms with Crippen LogP contribution in [-0.4, -0.2) is 49.1 Å². The molecule has 0 radical (unpaired) electrons. The largest absolute Gasteiger partial charge is 0.357 e. The summed E-state index contributed by atoms with van der Waals surface area (Å²) in [5.74, 6) is 1.65. The van der Waals surface area contributed by atoms with E-state index in [1.54, 1.807) is 0 Å². The third-order valence-electron chi connectivity index (χ3n) is 5.22. The molecule has 2 rings (SSSR count). The van der Waals surface area contributed by atoms with Gasteiger partial charge in [-0.3, -0.25) is 4.99 Å². The van der Waals surface area contributed by atoms with Crippen LogP contribution in [0.3, 0.4) is 0 Å². The van der Waals surface area contributed by atoms with Gasteiger partial charge in [0.05, 0.1) is 0 Å². The first-order valence-electron chi connectivity index (χ1n) is 10.4. The fourth-order valence-electron chi connectivity index (χ4n) is 3.59. The van der Waals surface area contributed by atoms with Crippen molar-refractivity contribution in [3.63, 3.8) is 0 Å². The maximum atomic E-state index is 4.89. The van der Waals surface area contributed by atoms with Crippen molar-refractivity contribution in [1.82, 2.24) is 15.5 Å². The van der Waals surface area contributed by atoms with E-state index < -0.39 is 0 Å². The summed E-state index contributed by atoms with van der Waals surface area (Å²) < 4.78 is 0. The molecule has 2 atom stereocenters. The van der Waals surface area contributed by atoms with Crippen LogP contribution in [0.2, 0.25) is 0 Å². The fraction of sp³-hybridized carbons (Fsp3) is 0.682. The minimum absolute atomic E-state index is 0.409. The predicted molar refractivity (Wildman–Crippen MR) is 113 cm³/mol. The highest BCUT2D eigenvalue weighted by atomic mass is 15.2. The summed E-state index contributed by atoms with van der Waals surface area (Å²) in [6.45, 7) is 13.2. The van der Waals surface area contributed by atoms with Gasteiger partial charge in [0.25, 0.3) is 0 Å². The monoisotopic (exact) mass is 358 g/mol. The van der Waals surface area contributed by atoms with Crippen molar-refractivity contribution in [2.75, 3.05) is 26.2 Å². The summed E-state index contributed by atoms with van der Waals surface area (Å²) in [5, 5.41) is 7.00. The van der Waals surface area contributed by atoms with E-state index in [9.17, 15) is 0 Å². The molecule has 0 saturated carbocycles. The lowest BCUT2D eigenvalue weighted by atomic mass is 9.97. The van der Waals surface area contributed by atoms with E-state index in [0.29, 0.717) is 18.0 Å². The molecular weight excluding hydrogens is 320 g/mol. The molecule has 1 aliphatic heterocycles. The number of nitrogens with zero attached hydrogens (tertiary/aromatic N) is 2. The summed E-state index contributed by atoms with van der Waals surface area (Å²) in [5.41, 5.74) is 1.40. The van der Waals surface area contributed by atoms with Crippen LogP contribution in [0.1, 0.15) is 52.5 Å². The number of aliphatic imine (C=N–C) groups is 1. The lowest BCUT2D eigenvalue weighted by Gasteiger charge is -2.35. The number of piperidine rings is 1. The Labute approximate surface area is 160 Å². The second-order valence-corrected chi connectivity index (χ2v) is 7.89. The molecule has 0 aromatic heterocycles. The van der Waals surface area contributed by atoms with Crippen LogP contribution in [0.5, 0.6) is 0 Å². The van der Waals surface area contributed by atoms with E-state index in [-0.39, 0.29) is 0 Å². The van der Waals surface area contributed by atoms with Crippen molar-refractivity contribution >= 4 is 5.96 Å². The van der Waals surface area contributed by atoms with Gasteiger partial charge in [0.1, 0.15) is 0 Å². The number of rotatable bonds is 8. The molecule has 0 aliphatic carbocycles. The van der Waals surface area contributed by atoms with Crippen LogP contribution >= 0.6 is 0 Å². The predicted octanol–water partition coefficient (Wildman–Crippen LogP) is 3.68. The molecule has 26 heavy (non-hydrogen) atoms. The normalized spacial score (nSPS) is 20.2. The smallest absolute Gasteiger partial charge is 0.191 e. The fourth-order valence-corrected chi connectivity index (χ4v) is 3.59. The van der Waals surface area contributed by atoms with Crippen LogP contribution in [0.4, 0.5) is 0 Å². The Morgan fingerprint density at radius 3 is 2.69 bits per heavy atom. The third-order valence-corrected chi connectivity index (χ3v) is 5.22. The zero-order valence-electron chi connectivity index (χ0n) is 17.2. The Balaban J connectivity index is 1.81. The Morgan fingerprint density at radius 2 is 2.00 bits per heavy atom. The zero-order valence-corrected chi connectivity index (χ0v) is 17.2. The van der Waals surface area contributed by atoms with Crippen molar-refractivity contribution in [3.8, 4) is 0 Å². The van der Waals surface area contributed by atoms with Gasteiger partial charge in [0, 0.05) is 31.7 Å². The Kier molecular flexibility index (Phi) is 8.96. The topological polar surface area (TPSA) is 39.7 Å². The van der Waals surface area contributed by atoms with Gasteiger partial charge in [-0.05, 0) is 71.4 Å². The molecular formula is C22H38N4. The molecule has 1 heterocycles. The van der Waals surface area contributed by atoms with Crippen LogP contribution in [0.25, 0.3) is 0 Å².